The summed E-state index contributed by atoms with van der Waals surface area (Å²) in [6.45, 7) is -0.564. The molecule has 0 aliphatic heterocycles. The summed E-state index contributed by atoms with van der Waals surface area (Å²) in [5.41, 5.74) is 0.219. The van der Waals surface area contributed by atoms with Crippen LogP contribution >= 0.6 is 15.9 Å². The van der Waals surface area contributed by atoms with Crippen LogP contribution < -0.4 is 10.1 Å². The average Bonchev–Trinajstić information content (AvgIpc) is 2.97. The second-order valence-electron chi connectivity index (χ2n) is 4.70. The summed E-state index contributed by atoms with van der Waals surface area (Å²) in [6.07, 6.45) is -2.34. The molecule has 0 unspecified atom stereocenters. The van der Waals surface area contributed by atoms with Gasteiger partial charge in [0, 0.05) is 11.8 Å². The fourth-order valence-electron chi connectivity index (χ4n) is 1.69. The maximum atomic E-state index is 12.0. The fraction of sp³-hybridized carbons (Fsp3) is 0.125. The zero-order valence-electron chi connectivity index (χ0n) is 12.9. The Bertz CT molecular complexity index is 799. The van der Waals surface area contributed by atoms with Crippen molar-refractivity contribution >= 4 is 39.6 Å². The molecule has 0 aliphatic rings. The number of esters is 1. The van der Waals surface area contributed by atoms with Gasteiger partial charge < -0.3 is 19.2 Å². The van der Waals surface area contributed by atoms with E-state index in [2.05, 4.69) is 26.0 Å². The summed E-state index contributed by atoms with van der Waals surface area (Å²) in [6, 6.07) is 7.78. The predicted octanol–water partition coefficient (Wildman–Crippen LogP) is 4.14. The Hall–Kier alpha value is -2.75. The van der Waals surface area contributed by atoms with Gasteiger partial charge in [0.2, 0.25) is 0 Å². The van der Waals surface area contributed by atoms with E-state index in [1.54, 1.807) is 12.1 Å². The molecule has 1 heterocycles. The second kappa shape index (κ2) is 8.56. The number of alkyl halides is 3. The Morgan fingerprint density at radius 1 is 1.15 bits per heavy atom. The first kappa shape index (κ1) is 19.6. The molecule has 0 aliphatic carbocycles. The van der Waals surface area contributed by atoms with Crippen molar-refractivity contribution in [2.24, 2.45) is 0 Å². The zero-order chi connectivity index (χ0) is 19.2. The Morgan fingerprint density at radius 3 is 2.42 bits per heavy atom. The molecular weight excluding hydrogens is 423 g/mol. The highest BCUT2D eigenvalue weighted by Crippen LogP contribution is 2.23. The lowest BCUT2D eigenvalue weighted by molar-refractivity contribution is -0.274. The van der Waals surface area contributed by atoms with Crippen molar-refractivity contribution in [3.8, 4) is 5.75 Å². The first-order valence-electron chi connectivity index (χ1n) is 6.97. The number of carbonyl (C=O) groups is 2. The van der Waals surface area contributed by atoms with Gasteiger partial charge in [-0.15, -0.1) is 13.2 Å². The molecule has 138 valence electrons. The van der Waals surface area contributed by atoms with Crippen LogP contribution in [-0.2, 0) is 14.3 Å². The van der Waals surface area contributed by atoms with E-state index in [1.807, 2.05) is 0 Å². The van der Waals surface area contributed by atoms with Crippen LogP contribution in [0.3, 0.4) is 0 Å². The molecule has 0 spiro atoms. The molecule has 2 rings (SSSR count). The largest absolute Gasteiger partial charge is 0.573 e. The fourth-order valence-corrected chi connectivity index (χ4v) is 2.01. The van der Waals surface area contributed by atoms with Gasteiger partial charge in [0.1, 0.15) is 11.5 Å². The summed E-state index contributed by atoms with van der Waals surface area (Å²) in [5.74, 6) is -1.42. The van der Waals surface area contributed by atoms with Crippen LogP contribution in [0.4, 0.5) is 18.9 Å². The topological polar surface area (TPSA) is 77.8 Å². The number of furan rings is 1. The average molecular weight is 434 g/mol. The minimum Gasteiger partial charge on any atom is -0.452 e. The van der Waals surface area contributed by atoms with E-state index in [0.717, 1.165) is 18.2 Å². The third-order valence-electron chi connectivity index (χ3n) is 2.69. The van der Waals surface area contributed by atoms with Crippen molar-refractivity contribution in [1.29, 1.82) is 0 Å². The van der Waals surface area contributed by atoms with E-state index < -0.39 is 30.6 Å². The predicted molar refractivity (Wildman–Crippen MR) is 88.2 cm³/mol. The van der Waals surface area contributed by atoms with Crippen molar-refractivity contribution in [1.82, 2.24) is 0 Å². The van der Waals surface area contributed by atoms with Gasteiger partial charge in [-0.1, -0.05) is 0 Å². The van der Waals surface area contributed by atoms with Crippen LogP contribution in [0.5, 0.6) is 5.75 Å². The minimum atomic E-state index is -4.79. The SMILES string of the molecule is O=C(COC(=O)/C=C/c1ccc(Br)o1)Nc1ccc(OC(F)(F)F)cc1. The standard InChI is InChI=1S/C16H11BrF3NO5/c17-13-7-5-11(25-13)6-8-15(23)24-9-14(22)21-10-1-3-12(4-2-10)26-16(18,19)20/h1-8H,9H2,(H,21,22)/b8-6+. The van der Waals surface area contributed by atoms with E-state index in [9.17, 15) is 22.8 Å². The van der Waals surface area contributed by atoms with Gasteiger partial charge in [0.15, 0.2) is 11.3 Å². The number of halogens is 4. The van der Waals surface area contributed by atoms with Crippen LogP contribution in [0, 0.1) is 0 Å². The van der Waals surface area contributed by atoms with E-state index >= 15 is 0 Å². The molecule has 0 fully saturated rings. The molecule has 10 heteroatoms. The summed E-state index contributed by atoms with van der Waals surface area (Å²) >= 11 is 3.11. The lowest BCUT2D eigenvalue weighted by Gasteiger charge is -2.10. The normalized spacial score (nSPS) is 11.4. The number of hydrogen-bond acceptors (Lipinski definition) is 5. The highest BCUT2D eigenvalue weighted by Gasteiger charge is 2.30. The third kappa shape index (κ3) is 7.01. The first-order valence-corrected chi connectivity index (χ1v) is 7.76. The molecule has 6 nitrogen and oxygen atoms in total. The Balaban J connectivity index is 1.77. The first-order chi connectivity index (χ1) is 12.2. The zero-order valence-corrected chi connectivity index (χ0v) is 14.5. The quantitative estimate of drug-likeness (QED) is 0.547. The Kier molecular flexibility index (Phi) is 6.45. The molecule has 0 radical (unpaired) electrons. The molecule has 1 N–H and O–H groups in total. The molecule has 0 atom stereocenters. The van der Waals surface area contributed by atoms with Crippen molar-refractivity contribution in [3.63, 3.8) is 0 Å². The monoisotopic (exact) mass is 433 g/mol. The van der Waals surface area contributed by atoms with E-state index in [4.69, 9.17) is 9.15 Å². The number of amides is 1. The smallest absolute Gasteiger partial charge is 0.452 e. The van der Waals surface area contributed by atoms with E-state index in [0.29, 0.717) is 10.4 Å². The highest BCUT2D eigenvalue weighted by atomic mass is 79.9. The summed E-state index contributed by atoms with van der Waals surface area (Å²) in [7, 11) is 0. The highest BCUT2D eigenvalue weighted by molar-refractivity contribution is 9.10. The summed E-state index contributed by atoms with van der Waals surface area (Å²) in [4.78, 5) is 23.2. The van der Waals surface area contributed by atoms with Crippen molar-refractivity contribution < 1.29 is 36.7 Å². The van der Waals surface area contributed by atoms with Gasteiger partial charge >= 0.3 is 12.3 Å². The van der Waals surface area contributed by atoms with Gasteiger partial charge in [-0.25, -0.2) is 4.79 Å². The number of carbonyl (C=O) groups excluding carboxylic acids is 2. The van der Waals surface area contributed by atoms with Crippen LogP contribution in [0.2, 0.25) is 0 Å². The number of ether oxygens (including phenoxy) is 2. The molecule has 1 amide bonds. The maximum absolute atomic E-state index is 12.0. The van der Waals surface area contributed by atoms with Crippen LogP contribution in [0.25, 0.3) is 6.08 Å². The number of nitrogens with one attached hydrogen (secondary N) is 1. The Morgan fingerprint density at radius 2 is 1.85 bits per heavy atom. The number of benzene rings is 1. The van der Waals surface area contributed by atoms with Gasteiger partial charge in [-0.3, -0.25) is 4.79 Å². The molecule has 0 saturated carbocycles. The van der Waals surface area contributed by atoms with Crippen LogP contribution in [0.1, 0.15) is 5.76 Å². The van der Waals surface area contributed by atoms with Crippen LogP contribution in [-0.4, -0.2) is 24.8 Å². The van der Waals surface area contributed by atoms with Crippen molar-refractivity contribution in [3.05, 3.63) is 52.9 Å². The number of anilines is 1. The number of hydrogen-bond donors (Lipinski definition) is 1. The second-order valence-corrected chi connectivity index (χ2v) is 5.48. The molecule has 1 aromatic heterocycles. The number of rotatable bonds is 6. The molecule has 0 saturated heterocycles. The summed E-state index contributed by atoms with van der Waals surface area (Å²) < 4.78 is 50.2. The van der Waals surface area contributed by atoms with Gasteiger partial charge in [0.25, 0.3) is 5.91 Å². The molecule has 2 aromatic rings. The molecule has 1 aromatic carbocycles. The molecular formula is C16H11BrF3NO5. The lowest BCUT2D eigenvalue weighted by atomic mass is 10.3. The van der Waals surface area contributed by atoms with Crippen LogP contribution in [0.15, 0.2) is 51.6 Å². The Labute approximate surface area is 153 Å². The third-order valence-corrected chi connectivity index (χ3v) is 3.12. The van der Waals surface area contributed by atoms with Gasteiger partial charge in [-0.2, -0.15) is 0 Å². The summed E-state index contributed by atoms with van der Waals surface area (Å²) in [5, 5.41) is 2.36. The van der Waals surface area contributed by atoms with E-state index in [1.165, 1.54) is 18.2 Å². The lowest BCUT2D eigenvalue weighted by Crippen LogP contribution is -2.20. The molecule has 26 heavy (non-hydrogen) atoms. The van der Waals surface area contributed by atoms with Gasteiger partial charge in [-0.05, 0) is 58.4 Å². The van der Waals surface area contributed by atoms with Gasteiger partial charge in [0.05, 0.1) is 0 Å². The maximum Gasteiger partial charge on any atom is 0.573 e. The molecule has 0 bridgehead atoms. The van der Waals surface area contributed by atoms with Crippen molar-refractivity contribution in [2.45, 2.75) is 6.36 Å². The minimum absolute atomic E-state index is 0.219. The van der Waals surface area contributed by atoms with Crippen molar-refractivity contribution in [2.75, 3.05) is 11.9 Å². The van der Waals surface area contributed by atoms with E-state index in [-0.39, 0.29) is 5.69 Å².